The standard InChI is InChI=1S/C17H22F3N3O4.ClH/c1-21-7-4-12-5-8-22(9-6-12)16(24)14-10-13(27-11-17(18,19)20)2-3-15(14)23(25)26;/h2-3,10,12,21H,4-9,11H2,1H3;1H. The van der Waals surface area contributed by atoms with Crippen molar-refractivity contribution in [3.8, 4) is 5.75 Å². The first-order valence-corrected chi connectivity index (χ1v) is 8.63. The molecule has 0 spiro atoms. The Morgan fingerprint density at radius 1 is 1.36 bits per heavy atom. The van der Waals surface area contributed by atoms with Crippen LogP contribution < -0.4 is 10.1 Å². The summed E-state index contributed by atoms with van der Waals surface area (Å²) < 4.78 is 41.6. The number of carbonyl (C=O) groups is 1. The van der Waals surface area contributed by atoms with Crippen LogP contribution in [0.3, 0.4) is 0 Å². The van der Waals surface area contributed by atoms with Crippen LogP contribution in [0.5, 0.6) is 5.75 Å². The molecular formula is C17H23ClF3N3O4. The molecule has 0 bridgehead atoms. The summed E-state index contributed by atoms with van der Waals surface area (Å²) >= 11 is 0. The van der Waals surface area contributed by atoms with Gasteiger partial charge in [0.25, 0.3) is 11.6 Å². The van der Waals surface area contributed by atoms with E-state index in [1.165, 1.54) is 4.90 Å². The van der Waals surface area contributed by atoms with Gasteiger partial charge >= 0.3 is 6.18 Å². The Kier molecular flexibility index (Phi) is 8.96. The molecule has 1 amide bonds. The molecule has 1 heterocycles. The molecule has 0 aliphatic carbocycles. The van der Waals surface area contributed by atoms with E-state index < -0.39 is 29.3 Å². The van der Waals surface area contributed by atoms with Crippen molar-refractivity contribution in [1.29, 1.82) is 0 Å². The van der Waals surface area contributed by atoms with E-state index in [1.807, 2.05) is 7.05 Å². The van der Waals surface area contributed by atoms with Crippen LogP contribution >= 0.6 is 12.4 Å². The van der Waals surface area contributed by atoms with Crippen LogP contribution in [-0.2, 0) is 0 Å². The molecule has 1 aliphatic rings. The molecule has 1 aliphatic heterocycles. The predicted octanol–water partition coefficient (Wildman–Crippen LogP) is 3.42. The molecule has 28 heavy (non-hydrogen) atoms. The Morgan fingerprint density at radius 2 is 2.00 bits per heavy atom. The van der Waals surface area contributed by atoms with Crippen molar-refractivity contribution in [3.63, 3.8) is 0 Å². The van der Waals surface area contributed by atoms with Crippen molar-refractivity contribution in [2.24, 2.45) is 5.92 Å². The van der Waals surface area contributed by atoms with Crippen LogP contribution in [0.4, 0.5) is 18.9 Å². The lowest BCUT2D eigenvalue weighted by Crippen LogP contribution is -2.39. The van der Waals surface area contributed by atoms with Crippen molar-refractivity contribution in [3.05, 3.63) is 33.9 Å². The van der Waals surface area contributed by atoms with Crippen LogP contribution in [0.2, 0.25) is 0 Å². The van der Waals surface area contributed by atoms with E-state index in [1.54, 1.807) is 0 Å². The third kappa shape index (κ3) is 6.83. The van der Waals surface area contributed by atoms with Crippen LogP contribution in [0.25, 0.3) is 0 Å². The molecular weight excluding hydrogens is 403 g/mol. The van der Waals surface area contributed by atoms with E-state index in [0.29, 0.717) is 19.0 Å². The number of nitrogens with one attached hydrogen (secondary N) is 1. The molecule has 1 saturated heterocycles. The molecule has 0 unspecified atom stereocenters. The Labute approximate surface area is 166 Å². The highest BCUT2D eigenvalue weighted by Gasteiger charge is 2.31. The zero-order valence-electron chi connectivity index (χ0n) is 15.3. The van der Waals surface area contributed by atoms with Crippen LogP contribution in [-0.4, -0.2) is 55.2 Å². The van der Waals surface area contributed by atoms with Gasteiger partial charge in [0.2, 0.25) is 0 Å². The van der Waals surface area contributed by atoms with Crippen LogP contribution in [0.15, 0.2) is 18.2 Å². The average molecular weight is 426 g/mol. The number of benzene rings is 1. The van der Waals surface area contributed by atoms with Gasteiger partial charge in [-0.1, -0.05) is 0 Å². The molecule has 0 aromatic heterocycles. The minimum absolute atomic E-state index is 0. The summed E-state index contributed by atoms with van der Waals surface area (Å²) in [6, 6.07) is 3.07. The summed E-state index contributed by atoms with van der Waals surface area (Å²) in [4.78, 5) is 24.7. The molecule has 11 heteroatoms. The fourth-order valence-corrected chi connectivity index (χ4v) is 3.04. The first kappa shape index (κ1) is 24.0. The van der Waals surface area contributed by atoms with Gasteiger partial charge in [-0.3, -0.25) is 14.9 Å². The van der Waals surface area contributed by atoms with Gasteiger partial charge in [-0.05, 0) is 50.9 Å². The molecule has 0 atom stereocenters. The Balaban J connectivity index is 0.00000392. The third-order valence-corrected chi connectivity index (χ3v) is 4.50. The van der Waals surface area contributed by atoms with Gasteiger partial charge in [0, 0.05) is 19.2 Å². The molecule has 1 N–H and O–H groups in total. The van der Waals surface area contributed by atoms with E-state index in [2.05, 4.69) is 10.1 Å². The number of alkyl halides is 3. The lowest BCUT2D eigenvalue weighted by atomic mass is 9.93. The van der Waals surface area contributed by atoms with Gasteiger partial charge in [-0.15, -0.1) is 12.4 Å². The Morgan fingerprint density at radius 3 is 2.54 bits per heavy atom. The second kappa shape index (κ2) is 10.5. The van der Waals surface area contributed by atoms with Crippen molar-refractivity contribution in [2.75, 3.05) is 33.3 Å². The molecule has 1 aromatic carbocycles. The number of rotatable bonds is 7. The van der Waals surface area contributed by atoms with Gasteiger partial charge in [-0.25, -0.2) is 0 Å². The van der Waals surface area contributed by atoms with Gasteiger partial charge in [0.1, 0.15) is 11.3 Å². The summed E-state index contributed by atoms with van der Waals surface area (Å²) in [5, 5.41) is 14.3. The molecule has 7 nitrogen and oxygen atoms in total. The second-order valence-electron chi connectivity index (χ2n) is 6.47. The minimum Gasteiger partial charge on any atom is -0.484 e. The quantitative estimate of drug-likeness (QED) is 0.534. The van der Waals surface area contributed by atoms with Crippen molar-refractivity contribution in [1.82, 2.24) is 10.2 Å². The van der Waals surface area contributed by atoms with Gasteiger partial charge in [0.05, 0.1) is 4.92 Å². The largest absolute Gasteiger partial charge is 0.484 e. The van der Waals surface area contributed by atoms with E-state index in [-0.39, 0.29) is 23.7 Å². The number of nitro benzene ring substituents is 1. The SMILES string of the molecule is CNCCC1CCN(C(=O)c2cc(OCC(F)(F)F)ccc2[N+](=O)[O-])CC1.Cl. The highest BCUT2D eigenvalue weighted by Crippen LogP contribution is 2.29. The number of nitro groups is 1. The second-order valence-corrected chi connectivity index (χ2v) is 6.47. The highest BCUT2D eigenvalue weighted by molar-refractivity contribution is 5.98. The van der Waals surface area contributed by atoms with Gasteiger partial charge in [0.15, 0.2) is 6.61 Å². The molecule has 1 aromatic rings. The molecule has 0 saturated carbocycles. The maximum atomic E-state index is 12.7. The first-order chi connectivity index (χ1) is 12.7. The Bertz CT molecular complexity index is 680. The fourth-order valence-electron chi connectivity index (χ4n) is 3.04. The number of piperidine rings is 1. The highest BCUT2D eigenvalue weighted by atomic mass is 35.5. The minimum atomic E-state index is -4.54. The van der Waals surface area contributed by atoms with E-state index in [0.717, 1.165) is 44.0 Å². The number of hydrogen-bond donors (Lipinski definition) is 1. The summed E-state index contributed by atoms with van der Waals surface area (Å²) in [5.41, 5.74) is -0.704. The molecule has 1 fully saturated rings. The lowest BCUT2D eigenvalue weighted by Gasteiger charge is -2.32. The maximum absolute atomic E-state index is 12.7. The average Bonchev–Trinajstić information content (AvgIpc) is 2.63. The Hall–Kier alpha value is -2.07. The molecule has 158 valence electrons. The molecule has 2 rings (SSSR count). The zero-order chi connectivity index (χ0) is 20.0. The van der Waals surface area contributed by atoms with E-state index >= 15 is 0 Å². The summed E-state index contributed by atoms with van der Waals surface area (Å²) in [6.07, 6.45) is -1.99. The normalized spacial score (nSPS) is 15.1. The number of halogens is 4. The monoisotopic (exact) mass is 425 g/mol. The summed E-state index contributed by atoms with van der Waals surface area (Å²) in [5.74, 6) is -0.325. The number of carbonyl (C=O) groups excluding carboxylic acids is 1. The number of amides is 1. The zero-order valence-corrected chi connectivity index (χ0v) is 16.1. The predicted molar refractivity (Wildman–Crippen MR) is 99.1 cm³/mol. The fraction of sp³-hybridized carbons (Fsp3) is 0.588. The van der Waals surface area contributed by atoms with Crippen molar-refractivity contribution < 1.29 is 27.6 Å². The van der Waals surface area contributed by atoms with Crippen molar-refractivity contribution in [2.45, 2.75) is 25.4 Å². The number of nitrogens with zero attached hydrogens (tertiary/aromatic N) is 2. The number of ether oxygens (including phenoxy) is 1. The number of hydrogen-bond acceptors (Lipinski definition) is 5. The lowest BCUT2D eigenvalue weighted by molar-refractivity contribution is -0.385. The smallest absolute Gasteiger partial charge is 0.422 e. The number of likely N-dealkylation sites (tertiary alicyclic amines) is 1. The van der Waals surface area contributed by atoms with Crippen LogP contribution in [0.1, 0.15) is 29.6 Å². The van der Waals surface area contributed by atoms with Gasteiger partial charge in [-0.2, -0.15) is 13.2 Å². The van der Waals surface area contributed by atoms with E-state index in [4.69, 9.17) is 0 Å². The maximum Gasteiger partial charge on any atom is 0.422 e. The topological polar surface area (TPSA) is 84.7 Å². The van der Waals surface area contributed by atoms with Gasteiger partial charge < -0.3 is 15.0 Å². The third-order valence-electron chi connectivity index (χ3n) is 4.50. The van der Waals surface area contributed by atoms with E-state index in [9.17, 15) is 28.1 Å². The van der Waals surface area contributed by atoms with Crippen LogP contribution in [0, 0.1) is 16.0 Å². The summed E-state index contributed by atoms with van der Waals surface area (Å²) in [7, 11) is 1.87. The summed E-state index contributed by atoms with van der Waals surface area (Å²) in [6.45, 7) is 0.258. The van der Waals surface area contributed by atoms with Crippen molar-refractivity contribution >= 4 is 24.0 Å². The first-order valence-electron chi connectivity index (χ1n) is 8.63. The molecule has 0 radical (unpaired) electrons.